The molecular weight excluding hydrogens is 377 g/mol. The lowest BCUT2D eigenvalue weighted by Gasteiger charge is -2.34. The Hall–Kier alpha value is -3.23. The fourth-order valence-corrected chi connectivity index (χ4v) is 3.89. The minimum Gasteiger partial charge on any atom is -0.340 e. The number of hydrogen-bond acceptors (Lipinski definition) is 5. The van der Waals surface area contributed by atoms with E-state index in [2.05, 4.69) is 27.5 Å². The molecule has 0 saturated carbocycles. The molecule has 9 heteroatoms. The highest BCUT2D eigenvalue weighted by atomic mass is 19.1. The predicted octanol–water partition coefficient (Wildman–Crippen LogP) is 2.35. The van der Waals surface area contributed by atoms with E-state index >= 15 is 0 Å². The van der Waals surface area contributed by atoms with Gasteiger partial charge in [-0.2, -0.15) is 4.98 Å². The largest absolute Gasteiger partial charge is 0.340 e. The summed E-state index contributed by atoms with van der Waals surface area (Å²) in [7, 11) is 0. The number of benzene rings is 1. The maximum atomic E-state index is 13.1. The molecule has 1 aromatic carbocycles. The van der Waals surface area contributed by atoms with E-state index in [-0.39, 0.29) is 29.8 Å². The number of carbonyl (C=O) groups is 2. The van der Waals surface area contributed by atoms with Gasteiger partial charge in [0.1, 0.15) is 11.6 Å². The summed E-state index contributed by atoms with van der Waals surface area (Å²) in [6, 6.07) is 5.50. The van der Waals surface area contributed by atoms with Crippen LogP contribution >= 0.6 is 0 Å². The fraction of sp³-hybridized carbons (Fsp3) is 0.400. The maximum absolute atomic E-state index is 13.1. The molecule has 1 saturated heterocycles. The highest BCUT2D eigenvalue weighted by Crippen LogP contribution is 2.31. The Morgan fingerprint density at radius 3 is 2.72 bits per heavy atom. The van der Waals surface area contributed by atoms with E-state index in [1.54, 1.807) is 0 Å². The Balaban J connectivity index is 1.65. The number of nitrogens with zero attached hydrogens (tertiary/aromatic N) is 2. The molecule has 2 aliphatic rings. The summed E-state index contributed by atoms with van der Waals surface area (Å²) in [5.74, 6) is -1.78. The van der Waals surface area contributed by atoms with Gasteiger partial charge in [-0.15, -0.1) is 0 Å². The lowest BCUT2D eigenvalue weighted by molar-refractivity contribution is -0.123. The van der Waals surface area contributed by atoms with Crippen LogP contribution in [0.15, 0.2) is 29.1 Å². The highest BCUT2D eigenvalue weighted by Gasteiger charge is 2.35. The van der Waals surface area contributed by atoms with E-state index in [0.717, 1.165) is 25.8 Å². The smallest absolute Gasteiger partial charge is 0.258 e. The number of hydrogen-bond donors (Lipinski definition) is 3. The second kappa shape index (κ2) is 7.65. The van der Waals surface area contributed by atoms with Crippen molar-refractivity contribution in [2.75, 3.05) is 22.1 Å². The predicted molar refractivity (Wildman–Crippen MR) is 107 cm³/mol. The van der Waals surface area contributed by atoms with Crippen molar-refractivity contribution in [1.82, 2.24) is 9.97 Å². The Labute approximate surface area is 166 Å². The van der Waals surface area contributed by atoms with Crippen molar-refractivity contribution < 1.29 is 14.0 Å². The van der Waals surface area contributed by atoms with E-state index in [0.29, 0.717) is 11.6 Å². The van der Waals surface area contributed by atoms with Gasteiger partial charge in [-0.05, 0) is 50.5 Å². The summed E-state index contributed by atoms with van der Waals surface area (Å²) in [6.07, 6.45) is 2.95. The van der Waals surface area contributed by atoms with E-state index < -0.39 is 23.2 Å². The molecule has 0 spiro atoms. The summed E-state index contributed by atoms with van der Waals surface area (Å²) in [5.41, 5.74) is 0.0757. The number of anilines is 3. The van der Waals surface area contributed by atoms with Gasteiger partial charge in [0.2, 0.25) is 17.8 Å². The molecule has 3 N–H and O–H groups in total. The topological polar surface area (TPSA) is 107 Å². The van der Waals surface area contributed by atoms with Crippen molar-refractivity contribution in [3.05, 3.63) is 46.0 Å². The van der Waals surface area contributed by atoms with Gasteiger partial charge in [0.05, 0.1) is 11.5 Å². The van der Waals surface area contributed by atoms with Gasteiger partial charge < -0.3 is 15.5 Å². The van der Waals surface area contributed by atoms with Crippen LogP contribution in [0, 0.1) is 5.82 Å². The normalized spacial score (nSPS) is 21.3. The van der Waals surface area contributed by atoms with Gasteiger partial charge in [0.25, 0.3) is 5.56 Å². The Kier molecular flexibility index (Phi) is 5.04. The number of amides is 2. The first-order valence-electron chi connectivity index (χ1n) is 9.69. The number of rotatable bonds is 3. The number of fused-ring (bicyclic) bond motifs is 1. The minimum atomic E-state index is -0.979. The van der Waals surface area contributed by atoms with Crippen LogP contribution in [-0.2, 0) is 9.59 Å². The van der Waals surface area contributed by atoms with E-state index in [1.807, 2.05) is 4.90 Å². The van der Waals surface area contributed by atoms with Gasteiger partial charge in [-0.3, -0.25) is 19.4 Å². The van der Waals surface area contributed by atoms with Gasteiger partial charge >= 0.3 is 0 Å². The number of halogens is 1. The SMILES string of the molecule is C[C@@H]1CCCCN1c1nc2c(c(=O)[nH]1)[C@H](C(=O)Nc1ccc(F)cc1)CC(=O)N2. The average Bonchev–Trinajstić information content (AvgIpc) is 2.69. The van der Waals surface area contributed by atoms with E-state index in [9.17, 15) is 18.8 Å². The molecule has 152 valence electrons. The number of carbonyl (C=O) groups excluding carboxylic acids is 2. The zero-order chi connectivity index (χ0) is 20.5. The molecule has 2 atom stereocenters. The molecule has 0 radical (unpaired) electrons. The monoisotopic (exact) mass is 399 g/mol. The molecule has 29 heavy (non-hydrogen) atoms. The first-order valence-corrected chi connectivity index (χ1v) is 9.69. The third-order valence-corrected chi connectivity index (χ3v) is 5.44. The molecule has 1 fully saturated rings. The second-order valence-electron chi connectivity index (χ2n) is 7.49. The average molecular weight is 399 g/mol. The number of aromatic nitrogens is 2. The molecule has 8 nitrogen and oxygen atoms in total. The molecule has 2 amide bonds. The van der Waals surface area contributed by atoms with Crippen LogP contribution in [0.3, 0.4) is 0 Å². The molecular formula is C20H22FN5O3. The molecule has 0 unspecified atom stereocenters. The molecule has 2 aliphatic heterocycles. The van der Waals surface area contributed by atoms with Gasteiger partial charge in [0.15, 0.2) is 0 Å². The summed E-state index contributed by atoms with van der Waals surface area (Å²) in [4.78, 5) is 47.1. The molecule has 0 bridgehead atoms. The molecule has 1 aromatic heterocycles. The van der Waals surface area contributed by atoms with Crippen LogP contribution in [0.5, 0.6) is 0 Å². The van der Waals surface area contributed by atoms with Crippen LogP contribution in [-0.4, -0.2) is 34.4 Å². The van der Waals surface area contributed by atoms with Crippen molar-refractivity contribution in [2.45, 2.75) is 44.6 Å². The number of H-pyrrole nitrogens is 1. The zero-order valence-corrected chi connectivity index (χ0v) is 16.0. The Morgan fingerprint density at radius 1 is 1.24 bits per heavy atom. The Morgan fingerprint density at radius 2 is 2.00 bits per heavy atom. The number of aromatic amines is 1. The quantitative estimate of drug-likeness (QED) is 0.734. The van der Waals surface area contributed by atoms with Crippen molar-refractivity contribution >= 4 is 29.3 Å². The zero-order valence-electron chi connectivity index (χ0n) is 16.0. The number of piperidine rings is 1. The van der Waals surface area contributed by atoms with Gasteiger partial charge in [-0.1, -0.05) is 0 Å². The van der Waals surface area contributed by atoms with Crippen molar-refractivity contribution in [3.63, 3.8) is 0 Å². The van der Waals surface area contributed by atoms with Crippen LogP contribution in [0.4, 0.5) is 21.8 Å². The summed E-state index contributed by atoms with van der Waals surface area (Å²) in [6.45, 7) is 2.83. The molecule has 3 heterocycles. The first-order chi connectivity index (χ1) is 13.9. The van der Waals surface area contributed by atoms with E-state index in [1.165, 1.54) is 24.3 Å². The lowest BCUT2D eigenvalue weighted by atomic mass is 9.92. The van der Waals surface area contributed by atoms with Crippen LogP contribution in [0.2, 0.25) is 0 Å². The molecule has 2 aromatic rings. The highest BCUT2D eigenvalue weighted by molar-refractivity contribution is 6.04. The van der Waals surface area contributed by atoms with Crippen molar-refractivity contribution in [2.24, 2.45) is 0 Å². The third kappa shape index (κ3) is 3.85. The molecule has 0 aliphatic carbocycles. The van der Waals surface area contributed by atoms with E-state index in [4.69, 9.17) is 0 Å². The maximum Gasteiger partial charge on any atom is 0.258 e. The van der Waals surface area contributed by atoms with Crippen LogP contribution in [0.25, 0.3) is 0 Å². The lowest BCUT2D eigenvalue weighted by Crippen LogP contribution is -2.41. The summed E-state index contributed by atoms with van der Waals surface area (Å²) >= 11 is 0. The molecule has 4 rings (SSSR count). The summed E-state index contributed by atoms with van der Waals surface area (Å²) in [5, 5.41) is 5.26. The van der Waals surface area contributed by atoms with Gasteiger partial charge in [0, 0.05) is 24.7 Å². The van der Waals surface area contributed by atoms with Crippen molar-refractivity contribution in [3.8, 4) is 0 Å². The summed E-state index contributed by atoms with van der Waals surface area (Å²) < 4.78 is 13.1. The standard InChI is InChI=1S/C20H22FN5O3/c1-11-4-2-3-9-26(11)20-24-17-16(19(29)25-20)14(10-15(27)23-17)18(28)22-13-7-5-12(21)6-8-13/h5-8,11,14H,2-4,9-10H2,1H3,(H,22,28)(H2,23,24,25,27,29)/t11-,14-/m1/s1. The van der Waals surface area contributed by atoms with Gasteiger partial charge in [-0.25, -0.2) is 4.39 Å². The minimum absolute atomic E-state index is 0.122. The fourth-order valence-electron chi connectivity index (χ4n) is 3.89. The van der Waals surface area contributed by atoms with Crippen LogP contribution < -0.4 is 21.1 Å². The first kappa shape index (κ1) is 19.1. The number of nitrogens with one attached hydrogen (secondary N) is 3. The van der Waals surface area contributed by atoms with Crippen molar-refractivity contribution in [1.29, 1.82) is 0 Å². The van der Waals surface area contributed by atoms with Crippen LogP contribution in [0.1, 0.15) is 44.1 Å². The Bertz CT molecular complexity index is 1000. The second-order valence-corrected chi connectivity index (χ2v) is 7.49. The third-order valence-electron chi connectivity index (χ3n) is 5.44.